The molecule has 0 saturated carbocycles. The third-order valence-corrected chi connectivity index (χ3v) is 5.37. The predicted molar refractivity (Wildman–Crippen MR) is 109 cm³/mol. The Morgan fingerprint density at radius 3 is 2.31 bits per heavy atom. The van der Waals surface area contributed by atoms with E-state index in [1.807, 2.05) is 6.20 Å². The summed E-state index contributed by atoms with van der Waals surface area (Å²) in [4.78, 5) is 7.06. The van der Waals surface area contributed by atoms with Crippen LogP contribution < -0.4 is 0 Å². The third kappa shape index (κ3) is 2.26. The first kappa shape index (κ1) is 15.0. The first-order valence-corrected chi connectivity index (χ1v) is 9.01. The van der Waals surface area contributed by atoms with Crippen LogP contribution in [0.15, 0.2) is 85.1 Å². The summed E-state index contributed by atoms with van der Waals surface area (Å²) in [5.74, 6) is 0.170. The van der Waals surface area contributed by atoms with Crippen LogP contribution in [-0.4, -0.2) is 9.97 Å². The molecular formula is C24H20N2. The van der Waals surface area contributed by atoms with Crippen molar-refractivity contribution in [2.45, 2.75) is 12.8 Å². The lowest BCUT2D eigenvalue weighted by molar-refractivity contribution is 0.936. The molecule has 0 radical (unpaired) electrons. The van der Waals surface area contributed by atoms with E-state index in [9.17, 15) is 0 Å². The van der Waals surface area contributed by atoms with Crippen LogP contribution in [0.4, 0.5) is 0 Å². The maximum absolute atomic E-state index is 3.71. The molecule has 2 N–H and O–H groups in total. The lowest BCUT2D eigenvalue weighted by atomic mass is 9.85. The Balaban J connectivity index is 1.82. The molecule has 0 unspecified atom stereocenters. The van der Waals surface area contributed by atoms with Gasteiger partial charge in [-0.05, 0) is 41.8 Å². The van der Waals surface area contributed by atoms with Crippen molar-refractivity contribution in [2.24, 2.45) is 0 Å². The molecule has 26 heavy (non-hydrogen) atoms. The van der Waals surface area contributed by atoms with Crippen molar-refractivity contribution in [2.75, 3.05) is 0 Å². The molecule has 0 amide bonds. The number of aromatic nitrogens is 2. The molecule has 0 aliphatic heterocycles. The quantitative estimate of drug-likeness (QED) is 0.397. The maximum Gasteiger partial charge on any atom is 0.0500 e. The molecule has 0 spiro atoms. The topological polar surface area (TPSA) is 31.6 Å². The summed E-state index contributed by atoms with van der Waals surface area (Å²) < 4.78 is 0. The molecule has 0 fully saturated rings. The van der Waals surface area contributed by atoms with E-state index in [1.165, 1.54) is 44.2 Å². The second-order valence-electron chi connectivity index (χ2n) is 6.84. The van der Waals surface area contributed by atoms with Gasteiger partial charge in [0.2, 0.25) is 0 Å². The van der Waals surface area contributed by atoms with Crippen molar-refractivity contribution in [3.63, 3.8) is 0 Å². The molecule has 2 heteroatoms. The molecule has 0 aliphatic rings. The number of nitrogens with one attached hydrogen (secondary N) is 2. The summed E-state index contributed by atoms with van der Waals surface area (Å²) in [6.07, 6.45) is 2.02. The highest BCUT2D eigenvalue weighted by Crippen LogP contribution is 2.38. The van der Waals surface area contributed by atoms with E-state index in [0.717, 1.165) is 0 Å². The van der Waals surface area contributed by atoms with Crippen LogP contribution in [0.2, 0.25) is 0 Å². The molecule has 3 aromatic carbocycles. The molecule has 2 aromatic heterocycles. The van der Waals surface area contributed by atoms with E-state index in [4.69, 9.17) is 0 Å². The van der Waals surface area contributed by atoms with Gasteiger partial charge in [0.25, 0.3) is 0 Å². The van der Waals surface area contributed by atoms with E-state index >= 15 is 0 Å². The minimum Gasteiger partial charge on any atom is -0.361 e. The number of hydrogen-bond donors (Lipinski definition) is 2. The highest BCUT2D eigenvalue weighted by molar-refractivity contribution is 5.87. The van der Waals surface area contributed by atoms with E-state index in [1.54, 1.807) is 0 Å². The largest absolute Gasteiger partial charge is 0.361 e. The molecular weight excluding hydrogens is 316 g/mol. The summed E-state index contributed by atoms with van der Waals surface area (Å²) in [6, 6.07) is 28.0. The Hall–Kier alpha value is -3.26. The smallest absolute Gasteiger partial charge is 0.0500 e. The third-order valence-electron chi connectivity index (χ3n) is 5.37. The fourth-order valence-electron chi connectivity index (χ4n) is 4.10. The Labute approximate surface area is 152 Å². The Kier molecular flexibility index (Phi) is 3.42. The average Bonchev–Trinajstić information content (AvgIpc) is 3.29. The fraction of sp³-hybridized carbons (Fsp3) is 0.0833. The van der Waals surface area contributed by atoms with E-state index in [2.05, 4.69) is 95.8 Å². The van der Waals surface area contributed by atoms with Gasteiger partial charge in [0.05, 0.1) is 5.92 Å². The second-order valence-corrected chi connectivity index (χ2v) is 6.84. The monoisotopic (exact) mass is 336 g/mol. The molecule has 0 bridgehead atoms. The molecule has 0 saturated heterocycles. The van der Waals surface area contributed by atoms with Crippen LogP contribution >= 0.6 is 0 Å². The molecule has 5 aromatic rings. The van der Waals surface area contributed by atoms with Crippen molar-refractivity contribution >= 4 is 21.8 Å². The van der Waals surface area contributed by atoms with Crippen molar-refractivity contribution in [1.82, 2.24) is 9.97 Å². The van der Waals surface area contributed by atoms with Gasteiger partial charge in [0, 0.05) is 33.7 Å². The number of H-pyrrole nitrogens is 2. The number of rotatable bonds is 3. The number of hydrogen-bond acceptors (Lipinski definition) is 0. The van der Waals surface area contributed by atoms with Gasteiger partial charge in [-0.3, -0.25) is 0 Å². The molecule has 2 nitrogen and oxygen atoms in total. The van der Waals surface area contributed by atoms with E-state index < -0.39 is 0 Å². The predicted octanol–water partition coefficient (Wildman–Crippen LogP) is 6.14. The summed E-state index contributed by atoms with van der Waals surface area (Å²) in [5, 5.41) is 2.57. The van der Waals surface area contributed by atoms with Crippen molar-refractivity contribution in [1.29, 1.82) is 0 Å². The van der Waals surface area contributed by atoms with Gasteiger partial charge >= 0.3 is 0 Å². The zero-order valence-corrected chi connectivity index (χ0v) is 14.7. The van der Waals surface area contributed by atoms with Gasteiger partial charge in [0.15, 0.2) is 0 Å². The van der Waals surface area contributed by atoms with E-state index in [0.29, 0.717) is 0 Å². The highest BCUT2D eigenvalue weighted by Gasteiger charge is 2.23. The number of aromatic amines is 2. The van der Waals surface area contributed by atoms with Crippen LogP contribution in [0.3, 0.4) is 0 Å². The minimum atomic E-state index is 0.170. The zero-order valence-electron chi connectivity index (χ0n) is 14.7. The Bertz CT molecular complexity index is 1190. The molecule has 126 valence electrons. The van der Waals surface area contributed by atoms with Crippen LogP contribution in [0.5, 0.6) is 0 Å². The second kappa shape index (κ2) is 5.92. The van der Waals surface area contributed by atoms with Gasteiger partial charge in [-0.15, -0.1) is 0 Å². The number of aryl methyl sites for hydroxylation is 1. The zero-order chi connectivity index (χ0) is 17.5. The van der Waals surface area contributed by atoms with Crippen molar-refractivity contribution in [3.8, 4) is 0 Å². The van der Waals surface area contributed by atoms with Crippen LogP contribution in [0, 0.1) is 6.92 Å². The first-order chi connectivity index (χ1) is 12.8. The van der Waals surface area contributed by atoms with Crippen LogP contribution in [0.1, 0.15) is 28.3 Å². The average molecular weight is 336 g/mol. The van der Waals surface area contributed by atoms with Gasteiger partial charge in [-0.1, -0.05) is 60.7 Å². The summed E-state index contributed by atoms with van der Waals surface area (Å²) in [7, 11) is 0. The lowest BCUT2D eigenvalue weighted by Gasteiger charge is -2.19. The summed E-state index contributed by atoms with van der Waals surface area (Å²) in [5.41, 5.74) is 7.59. The van der Waals surface area contributed by atoms with Crippen molar-refractivity contribution in [3.05, 3.63) is 107 Å². The van der Waals surface area contributed by atoms with Gasteiger partial charge in [0.1, 0.15) is 0 Å². The van der Waals surface area contributed by atoms with Gasteiger partial charge in [-0.25, -0.2) is 0 Å². The fourth-order valence-corrected chi connectivity index (χ4v) is 4.10. The maximum atomic E-state index is 3.71. The normalized spacial score (nSPS) is 12.7. The Morgan fingerprint density at radius 1 is 0.692 bits per heavy atom. The Morgan fingerprint density at radius 2 is 1.46 bits per heavy atom. The van der Waals surface area contributed by atoms with E-state index in [-0.39, 0.29) is 5.92 Å². The van der Waals surface area contributed by atoms with Crippen LogP contribution in [-0.2, 0) is 0 Å². The number of fused-ring (bicyclic) bond motifs is 2. The highest BCUT2D eigenvalue weighted by atomic mass is 14.7. The molecule has 5 rings (SSSR count). The lowest BCUT2D eigenvalue weighted by Crippen LogP contribution is -2.05. The summed E-state index contributed by atoms with van der Waals surface area (Å²) >= 11 is 0. The molecule has 0 aliphatic carbocycles. The molecule has 2 heterocycles. The number of para-hydroxylation sites is 1. The van der Waals surface area contributed by atoms with Gasteiger partial charge in [-0.2, -0.15) is 0 Å². The first-order valence-electron chi connectivity index (χ1n) is 9.01. The number of benzene rings is 3. The minimum absolute atomic E-state index is 0.170. The van der Waals surface area contributed by atoms with Crippen molar-refractivity contribution < 1.29 is 0 Å². The standard InChI is InChI=1S/C24H20N2/c1-16-18-10-5-6-12-22(18)26-24(16)23(17-8-3-2-4-9-17)20-11-7-13-21-19(20)14-15-25-21/h2-15,23,25-26H,1H3/t23-/m1/s1. The van der Waals surface area contributed by atoms with Gasteiger partial charge < -0.3 is 9.97 Å². The van der Waals surface area contributed by atoms with Crippen LogP contribution in [0.25, 0.3) is 21.8 Å². The molecule has 1 atom stereocenters. The summed E-state index contributed by atoms with van der Waals surface area (Å²) in [6.45, 7) is 2.22. The SMILES string of the molecule is Cc1c([C@H](c2ccccc2)c2cccc3[nH]ccc23)[nH]c2ccccc12.